The zero-order chi connectivity index (χ0) is 14.3. The van der Waals surface area contributed by atoms with Crippen molar-refractivity contribution in [2.24, 2.45) is 5.92 Å². The molecule has 2 aromatic rings. The molecule has 1 atom stereocenters. The van der Waals surface area contributed by atoms with Crippen LogP contribution >= 0.6 is 0 Å². The lowest BCUT2D eigenvalue weighted by Gasteiger charge is -2.21. The maximum atomic E-state index is 13.8. The Morgan fingerprint density at radius 1 is 1.35 bits per heavy atom. The van der Waals surface area contributed by atoms with E-state index in [-0.39, 0.29) is 17.9 Å². The Hall–Kier alpha value is -2.31. The fourth-order valence-electron chi connectivity index (χ4n) is 2.40. The standard InChI is InChI=1S/C13H11F2N3O2/c14-8-2-3-10(15)9(5-8)12-17-16-11-4-1-7(13(19)20)6-18(11)12/h2-3,5,7H,1,4,6H2,(H,19,20). The van der Waals surface area contributed by atoms with Crippen molar-refractivity contribution in [1.29, 1.82) is 0 Å². The first-order valence-electron chi connectivity index (χ1n) is 6.16. The van der Waals surface area contributed by atoms with Crippen molar-refractivity contribution in [1.82, 2.24) is 14.8 Å². The summed E-state index contributed by atoms with van der Waals surface area (Å²) in [5, 5.41) is 16.9. The maximum absolute atomic E-state index is 13.8. The number of fused-ring (bicyclic) bond motifs is 1. The van der Waals surface area contributed by atoms with Gasteiger partial charge in [0.15, 0.2) is 5.82 Å². The van der Waals surface area contributed by atoms with Crippen molar-refractivity contribution in [3.63, 3.8) is 0 Å². The molecule has 0 saturated heterocycles. The van der Waals surface area contributed by atoms with Gasteiger partial charge in [0.1, 0.15) is 17.5 Å². The first kappa shape index (κ1) is 12.7. The number of rotatable bonds is 2. The Bertz CT molecular complexity index is 684. The van der Waals surface area contributed by atoms with E-state index in [1.54, 1.807) is 4.57 Å². The minimum absolute atomic E-state index is 0.00483. The monoisotopic (exact) mass is 279 g/mol. The first-order chi connectivity index (χ1) is 9.56. The zero-order valence-electron chi connectivity index (χ0n) is 10.4. The van der Waals surface area contributed by atoms with Gasteiger partial charge >= 0.3 is 5.97 Å². The van der Waals surface area contributed by atoms with Crippen molar-refractivity contribution in [2.75, 3.05) is 0 Å². The van der Waals surface area contributed by atoms with Crippen LogP contribution in [0.25, 0.3) is 11.4 Å². The van der Waals surface area contributed by atoms with Crippen molar-refractivity contribution in [3.05, 3.63) is 35.7 Å². The molecule has 20 heavy (non-hydrogen) atoms. The van der Waals surface area contributed by atoms with Crippen LogP contribution in [0.15, 0.2) is 18.2 Å². The van der Waals surface area contributed by atoms with Crippen LogP contribution in [0.2, 0.25) is 0 Å². The van der Waals surface area contributed by atoms with E-state index in [0.717, 1.165) is 18.2 Å². The highest BCUT2D eigenvalue weighted by atomic mass is 19.1. The van der Waals surface area contributed by atoms with Gasteiger partial charge in [-0.05, 0) is 24.6 Å². The van der Waals surface area contributed by atoms with Crippen LogP contribution in [0, 0.1) is 17.6 Å². The highest BCUT2D eigenvalue weighted by molar-refractivity contribution is 5.70. The van der Waals surface area contributed by atoms with E-state index in [1.165, 1.54) is 0 Å². The fraction of sp³-hybridized carbons (Fsp3) is 0.308. The average Bonchev–Trinajstić information content (AvgIpc) is 2.84. The van der Waals surface area contributed by atoms with Gasteiger partial charge in [-0.3, -0.25) is 4.79 Å². The summed E-state index contributed by atoms with van der Waals surface area (Å²) in [6.07, 6.45) is 0.931. The zero-order valence-corrected chi connectivity index (χ0v) is 10.4. The van der Waals surface area contributed by atoms with E-state index in [2.05, 4.69) is 10.2 Å². The van der Waals surface area contributed by atoms with Gasteiger partial charge in [-0.25, -0.2) is 8.78 Å². The number of carbonyl (C=O) groups is 1. The van der Waals surface area contributed by atoms with Crippen molar-refractivity contribution in [2.45, 2.75) is 19.4 Å². The molecule has 0 aliphatic carbocycles. The first-order valence-corrected chi connectivity index (χ1v) is 6.16. The van der Waals surface area contributed by atoms with E-state index >= 15 is 0 Å². The van der Waals surface area contributed by atoms with Gasteiger partial charge < -0.3 is 9.67 Å². The molecule has 1 unspecified atom stereocenters. The second-order valence-corrected chi connectivity index (χ2v) is 4.75. The van der Waals surface area contributed by atoms with E-state index in [1.807, 2.05) is 0 Å². The van der Waals surface area contributed by atoms with Crippen molar-refractivity contribution >= 4 is 5.97 Å². The molecular weight excluding hydrogens is 268 g/mol. The van der Waals surface area contributed by atoms with Gasteiger partial charge in [0, 0.05) is 13.0 Å². The summed E-state index contributed by atoms with van der Waals surface area (Å²) in [7, 11) is 0. The second kappa shape index (κ2) is 4.66. The average molecular weight is 279 g/mol. The Labute approximate surface area is 112 Å². The number of benzene rings is 1. The molecule has 0 saturated carbocycles. The van der Waals surface area contributed by atoms with Gasteiger partial charge in [-0.1, -0.05) is 0 Å². The molecule has 2 heterocycles. The third-order valence-electron chi connectivity index (χ3n) is 3.47. The number of aryl methyl sites for hydroxylation is 1. The molecule has 1 N–H and O–H groups in total. The van der Waals surface area contributed by atoms with Gasteiger partial charge in [-0.15, -0.1) is 10.2 Å². The van der Waals surface area contributed by atoms with Gasteiger partial charge in [-0.2, -0.15) is 0 Å². The molecule has 1 aliphatic heterocycles. The highest BCUT2D eigenvalue weighted by Crippen LogP contribution is 2.27. The van der Waals surface area contributed by atoms with Gasteiger partial charge in [0.2, 0.25) is 0 Å². The van der Waals surface area contributed by atoms with Crippen LogP contribution in [-0.4, -0.2) is 25.8 Å². The third-order valence-corrected chi connectivity index (χ3v) is 3.47. The molecule has 0 bridgehead atoms. The van der Waals surface area contributed by atoms with Crippen LogP contribution in [0.3, 0.4) is 0 Å². The summed E-state index contributed by atoms with van der Waals surface area (Å²) < 4.78 is 28.6. The van der Waals surface area contributed by atoms with E-state index in [0.29, 0.717) is 18.7 Å². The number of halogens is 2. The van der Waals surface area contributed by atoms with Crippen LogP contribution in [0.5, 0.6) is 0 Å². The molecule has 5 nitrogen and oxygen atoms in total. The molecule has 1 aromatic carbocycles. The minimum Gasteiger partial charge on any atom is -0.481 e. The largest absolute Gasteiger partial charge is 0.481 e. The molecule has 0 fully saturated rings. The summed E-state index contributed by atoms with van der Waals surface area (Å²) in [6.45, 7) is 0.170. The normalized spacial score (nSPS) is 17.8. The fourth-order valence-corrected chi connectivity index (χ4v) is 2.40. The molecule has 1 aromatic heterocycles. The molecule has 104 valence electrons. The lowest BCUT2D eigenvalue weighted by Crippen LogP contribution is -2.27. The number of nitrogens with zero attached hydrogens (tertiary/aromatic N) is 3. The smallest absolute Gasteiger partial charge is 0.308 e. The molecule has 3 rings (SSSR count). The number of carboxylic acid groups (broad SMARTS) is 1. The highest BCUT2D eigenvalue weighted by Gasteiger charge is 2.28. The Morgan fingerprint density at radius 2 is 2.15 bits per heavy atom. The predicted octanol–water partition coefficient (Wildman–Crippen LogP) is 1.87. The Kier molecular flexibility index (Phi) is 2.96. The van der Waals surface area contributed by atoms with Crippen LogP contribution in [0.1, 0.15) is 12.2 Å². The topological polar surface area (TPSA) is 68.0 Å². The lowest BCUT2D eigenvalue weighted by atomic mass is 9.99. The molecule has 0 spiro atoms. The predicted molar refractivity (Wildman–Crippen MR) is 64.8 cm³/mol. The maximum Gasteiger partial charge on any atom is 0.308 e. The van der Waals surface area contributed by atoms with Crippen LogP contribution in [-0.2, 0) is 17.8 Å². The molecule has 0 radical (unpaired) electrons. The van der Waals surface area contributed by atoms with E-state index < -0.39 is 23.5 Å². The SMILES string of the molecule is O=C(O)C1CCc2nnc(-c3cc(F)ccc3F)n2C1. The number of aliphatic carboxylic acids is 1. The van der Waals surface area contributed by atoms with Crippen molar-refractivity contribution in [3.8, 4) is 11.4 Å². The molecule has 7 heteroatoms. The third kappa shape index (κ3) is 2.04. The van der Waals surface area contributed by atoms with Crippen LogP contribution in [0.4, 0.5) is 8.78 Å². The van der Waals surface area contributed by atoms with E-state index in [9.17, 15) is 13.6 Å². The molecular formula is C13H11F2N3O2. The second-order valence-electron chi connectivity index (χ2n) is 4.75. The van der Waals surface area contributed by atoms with Gasteiger partial charge in [0.25, 0.3) is 0 Å². The summed E-state index contributed by atoms with van der Waals surface area (Å²) >= 11 is 0. The number of hydrogen-bond donors (Lipinski definition) is 1. The van der Waals surface area contributed by atoms with Crippen molar-refractivity contribution < 1.29 is 18.7 Å². The number of hydrogen-bond acceptors (Lipinski definition) is 3. The van der Waals surface area contributed by atoms with E-state index in [4.69, 9.17) is 5.11 Å². The Balaban J connectivity index is 2.07. The summed E-state index contributed by atoms with van der Waals surface area (Å²) in [6, 6.07) is 3.08. The number of carboxylic acids is 1. The van der Waals surface area contributed by atoms with Crippen LogP contribution < -0.4 is 0 Å². The summed E-state index contributed by atoms with van der Waals surface area (Å²) in [5.74, 6) is -1.89. The number of aromatic nitrogens is 3. The van der Waals surface area contributed by atoms with Gasteiger partial charge in [0.05, 0.1) is 11.5 Å². The molecule has 0 amide bonds. The summed E-state index contributed by atoms with van der Waals surface area (Å²) in [4.78, 5) is 11.1. The Morgan fingerprint density at radius 3 is 2.90 bits per heavy atom. The summed E-state index contributed by atoms with van der Waals surface area (Å²) in [5.41, 5.74) is -0.00483. The molecule has 1 aliphatic rings. The minimum atomic E-state index is -0.907. The quantitative estimate of drug-likeness (QED) is 0.911. The lowest BCUT2D eigenvalue weighted by molar-refractivity contribution is -0.142.